The number of aromatic nitrogens is 4. The molecule has 0 saturated heterocycles. The summed E-state index contributed by atoms with van der Waals surface area (Å²) in [6.07, 6.45) is 0.0256. The largest absolute Gasteiger partial charge is 0.415 e. The zero-order valence-electron chi connectivity index (χ0n) is 12.4. The summed E-state index contributed by atoms with van der Waals surface area (Å²) in [5, 5.41) is 10.6. The van der Waals surface area contributed by atoms with Gasteiger partial charge in [0.1, 0.15) is 0 Å². The fourth-order valence-electron chi connectivity index (χ4n) is 2.01. The molecule has 0 amide bonds. The first kappa shape index (κ1) is 16.3. The quantitative estimate of drug-likeness (QED) is 0.738. The summed E-state index contributed by atoms with van der Waals surface area (Å²) < 4.78 is 29.7. The Balaban J connectivity index is 1.72. The second-order valence-electron chi connectivity index (χ2n) is 4.96. The normalized spacial score (nSPS) is 12.4. The van der Waals surface area contributed by atoms with Crippen LogP contribution in [0.1, 0.15) is 30.8 Å². The molecule has 24 heavy (non-hydrogen) atoms. The van der Waals surface area contributed by atoms with Crippen LogP contribution in [0.2, 0.25) is 5.02 Å². The molecule has 0 aliphatic carbocycles. The molecular weight excluding hydrogens is 340 g/mol. The van der Waals surface area contributed by atoms with Crippen molar-refractivity contribution in [3.8, 4) is 11.5 Å². The minimum atomic E-state index is -2.81. The molecule has 0 fully saturated rings. The Morgan fingerprint density at radius 1 is 1.17 bits per heavy atom. The fourth-order valence-corrected chi connectivity index (χ4v) is 2.20. The first-order valence-electron chi connectivity index (χ1n) is 6.99. The predicted octanol–water partition coefficient (Wildman–Crippen LogP) is 4.29. The minimum absolute atomic E-state index is 0.0558. The second-order valence-corrected chi connectivity index (χ2v) is 5.40. The molecule has 2 aromatic heterocycles. The first-order valence-corrected chi connectivity index (χ1v) is 7.36. The van der Waals surface area contributed by atoms with Crippen LogP contribution < -0.4 is 5.32 Å². The number of rotatable bonds is 5. The van der Waals surface area contributed by atoms with E-state index < -0.39 is 12.3 Å². The van der Waals surface area contributed by atoms with Gasteiger partial charge in [0.25, 0.3) is 11.8 Å². The molecule has 124 valence electrons. The van der Waals surface area contributed by atoms with Gasteiger partial charge >= 0.3 is 6.43 Å². The molecule has 3 aromatic rings. The van der Waals surface area contributed by atoms with Crippen molar-refractivity contribution in [3.05, 3.63) is 53.1 Å². The van der Waals surface area contributed by atoms with Crippen LogP contribution in [0, 0.1) is 0 Å². The maximum Gasteiger partial charge on any atom is 0.314 e. The minimum Gasteiger partial charge on any atom is -0.415 e. The first-order chi connectivity index (χ1) is 11.5. The smallest absolute Gasteiger partial charge is 0.314 e. The highest BCUT2D eigenvalue weighted by Crippen LogP contribution is 2.23. The van der Waals surface area contributed by atoms with E-state index in [9.17, 15) is 8.78 Å². The predicted molar refractivity (Wildman–Crippen MR) is 83.8 cm³/mol. The summed E-state index contributed by atoms with van der Waals surface area (Å²) >= 11 is 5.97. The molecule has 0 spiro atoms. The van der Waals surface area contributed by atoms with E-state index in [1.54, 1.807) is 6.07 Å². The Morgan fingerprint density at radius 2 is 1.92 bits per heavy atom. The summed E-state index contributed by atoms with van der Waals surface area (Å²) in [6, 6.07) is 7.36. The van der Waals surface area contributed by atoms with Gasteiger partial charge in [-0.05, 0) is 24.6 Å². The molecule has 1 aromatic carbocycles. The van der Waals surface area contributed by atoms with Gasteiger partial charge in [-0.15, -0.1) is 10.2 Å². The van der Waals surface area contributed by atoms with E-state index in [4.69, 9.17) is 16.0 Å². The summed E-state index contributed by atoms with van der Waals surface area (Å²) in [7, 11) is 0. The topological polar surface area (TPSA) is 76.7 Å². The second kappa shape index (κ2) is 6.88. The lowest BCUT2D eigenvalue weighted by Crippen LogP contribution is -2.09. The number of anilines is 1. The Morgan fingerprint density at radius 3 is 2.54 bits per heavy atom. The number of halogens is 3. The molecular formula is C15H12ClF2N5O. The molecule has 2 heterocycles. The number of alkyl halides is 2. The highest BCUT2D eigenvalue weighted by Gasteiger charge is 2.17. The Kier molecular flexibility index (Phi) is 4.66. The van der Waals surface area contributed by atoms with Crippen molar-refractivity contribution in [1.82, 2.24) is 20.2 Å². The molecule has 0 bridgehead atoms. The number of hydrogen-bond donors (Lipinski definition) is 1. The van der Waals surface area contributed by atoms with E-state index in [0.717, 1.165) is 5.56 Å². The van der Waals surface area contributed by atoms with Crippen molar-refractivity contribution in [2.24, 2.45) is 0 Å². The standard InChI is InChI=1S/C15H12ClF2N5O/c1-8(9-3-2-4-11(16)5-9)21-15-19-6-10(7-20-15)13-22-23-14(24-13)12(17)18/h2-8,12H,1H3,(H,19,20,21). The van der Waals surface area contributed by atoms with E-state index in [-0.39, 0.29) is 11.9 Å². The molecule has 0 radical (unpaired) electrons. The molecule has 9 heteroatoms. The Labute approximate surface area is 140 Å². The number of nitrogens with zero attached hydrogens (tertiary/aromatic N) is 4. The van der Waals surface area contributed by atoms with E-state index >= 15 is 0 Å². The highest BCUT2D eigenvalue weighted by molar-refractivity contribution is 6.30. The van der Waals surface area contributed by atoms with Crippen molar-refractivity contribution >= 4 is 17.5 Å². The Bertz CT molecular complexity index is 825. The third-order valence-corrected chi connectivity index (χ3v) is 3.46. The summed E-state index contributed by atoms with van der Waals surface area (Å²) in [6.45, 7) is 1.94. The van der Waals surface area contributed by atoms with Gasteiger partial charge in [0, 0.05) is 17.4 Å². The van der Waals surface area contributed by atoms with E-state index in [2.05, 4.69) is 25.5 Å². The molecule has 3 rings (SSSR count). The summed E-state index contributed by atoms with van der Waals surface area (Å²) in [5.74, 6) is -0.415. The van der Waals surface area contributed by atoms with Gasteiger partial charge in [0.2, 0.25) is 5.95 Å². The van der Waals surface area contributed by atoms with Crippen molar-refractivity contribution < 1.29 is 13.2 Å². The molecule has 0 aliphatic heterocycles. The van der Waals surface area contributed by atoms with E-state index in [1.165, 1.54) is 12.4 Å². The van der Waals surface area contributed by atoms with Crippen LogP contribution in [0.25, 0.3) is 11.5 Å². The van der Waals surface area contributed by atoms with Crippen molar-refractivity contribution in [2.45, 2.75) is 19.4 Å². The lowest BCUT2D eigenvalue weighted by Gasteiger charge is -2.14. The highest BCUT2D eigenvalue weighted by atomic mass is 35.5. The van der Waals surface area contributed by atoms with Crippen LogP contribution in [-0.2, 0) is 0 Å². The van der Waals surface area contributed by atoms with Gasteiger partial charge in [-0.2, -0.15) is 8.78 Å². The monoisotopic (exact) mass is 351 g/mol. The maximum absolute atomic E-state index is 12.4. The summed E-state index contributed by atoms with van der Waals surface area (Å²) in [5.41, 5.74) is 1.34. The van der Waals surface area contributed by atoms with E-state index in [0.29, 0.717) is 16.5 Å². The zero-order chi connectivity index (χ0) is 17.1. The lowest BCUT2D eigenvalue weighted by molar-refractivity contribution is 0.116. The van der Waals surface area contributed by atoms with Gasteiger partial charge in [-0.3, -0.25) is 0 Å². The maximum atomic E-state index is 12.4. The van der Waals surface area contributed by atoms with Crippen molar-refractivity contribution in [2.75, 3.05) is 5.32 Å². The van der Waals surface area contributed by atoms with Crippen LogP contribution in [0.4, 0.5) is 14.7 Å². The van der Waals surface area contributed by atoms with Crippen LogP contribution in [0.3, 0.4) is 0 Å². The van der Waals surface area contributed by atoms with Crippen LogP contribution in [0.5, 0.6) is 0 Å². The van der Waals surface area contributed by atoms with Crippen LogP contribution >= 0.6 is 11.6 Å². The third-order valence-electron chi connectivity index (χ3n) is 3.22. The van der Waals surface area contributed by atoms with Gasteiger partial charge in [-0.1, -0.05) is 23.7 Å². The molecule has 6 nitrogen and oxygen atoms in total. The summed E-state index contributed by atoms with van der Waals surface area (Å²) in [4.78, 5) is 8.25. The van der Waals surface area contributed by atoms with Crippen molar-refractivity contribution in [1.29, 1.82) is 0 Å². The number of hydrogen-bond acceptors (Lipinski definition) is 6. The van der Waals surface area contributed by atoms with Gasteiger partial charge < -0.3 is 9.73 Å². The average molecular weight is 352 g/mol. The zero-order valence-corrected chi connectivity index (χ0v) is 13.2. The molecule has 1 N–H and O–H groups in total. The number of nitrogens with one attached hydrogen (secondary N) is 1. The van der Waals surface area contributed by atoms with Gasteiger partial charge in [0.05, 0.1) is 11.6 Å². The Hall–Kier alpha value is -2.61. The van der Waals surface area contributed by atoms with Gasteiger partial charge in [-0.25, -0.2) is 9.97 Å². The lowest BCUT2D eigenvalue weighted by atomic mass is 10.1. The number of benzene rings is 1. The SMILES string of the molecule is CC(Nc1ncc(-c2nnc(C(F)F)o2)cn1)c1cccc(Cl)c1. The molecule has 1 atom stereocenters. The van der Waals surface area contributed by atoms with Crippen LogP contribution in [-0.4, -0.2) is 20.2 Å². The van der Waals surface area contributed by atoms with Gasteiger partial charge in [0.15, 0.2) is 0 Å². The third kappa shape index (κ3) is 3.65. The van der Waals surface area contributed by atoms with E-state index in [1.807, 2.05) is 25.1 Å². The van der Waals surface area contributed by atoms with Crippen LogP contribution in [0.15, 0.2) is 41.1 Å². The molecule has 0 aliphatic rings. The average Bonchev–Trinajstić information content (AvgIpc) is 3.06. The van der Waals surface area contributed by atoms with Crippen molar-refractivity contribution in [3.63, 3.8) is 0 Å². The molecule has 0 saturated carbocycles. The molecule has 1 unspecified atom stereocenters. The fraction of sp³-hybridized carbons (Fsp3) is 0.200.